The van der Waals surface area contributed by atoms with Gasteiger partial charge in [0.05, 0.1) is 6.04 Å². The van der Waals surface area contributed by atoms with Crippen LogP contribution in [0, 0.1) is 0 Å². The van der Waals surface area contributed by atoms with Gasteiger partial charge in [-0.05, 0) is 25.7 Å². The molecule has 2 amide bonds. The molecular weight excluding hydrogens is 238 g/mol. The van der Waals surface area contributed by atoms with Crippen molar-refractivity contribution >= 4 is 28.7 Å². The minimum Gasteiger partial charge on any atom is -0.353 e. The monoisotopic (exact) mass is 253 g/mol. The largest absolute Gasteiger partial charge is 0.353 e. The number of carbonyl (C=O) groups excluding carboxylic acids is 2. The van der Waals surface area contributed by atoms with Crippen LogP contribution in [0.15, 0.2) is 4.99 Å². The van der Waals surface area contributed by atoms with E-state index in [1.165, 1.54) is 11.8 Å². The molecule has 3 rings (SSSR count). The molecule has 17 heavy (non-hydrogen) atoms. The Morgan fingerprint density at radius 2 is 2.18 bits per heavy atom. The van der Waals surface area contributed by atoms with Gasteiger partial charge in [0.2, 0.25) is 11.8 Å². The number of aliphatic imine (C=N–C) groups is 1. The van der Waals surface area contributed by atoms with Crippen molar-refractivity contribution < 1.29 is 9.59 Å². The fourth-order valence-electron chi connectivity index (χ4n) is 1.65. The van der Waals surface area contributed by atoms with E-state index in [1.54, 1.807) is 0 Å². The van der Waals surface area contributed by atoms with Crippen LogP contribution in [-0.4, -0.2) is 34.3 Å². The Labute approximate surface area is 104 Å². The van der Waals surface area contributed by atoms with Gasteiger partial charge >= 0.3 is 0 Å². The molecule has 6 heteroatoms. The summed E-state index contributed by atoms with van der Waals surface area (Å²) in [5.74, 6) is -0.104. The third-order valence-electron chi connectivity index (χ3n) is 2.94. The van der Waals surface area contributed by atoms with Crippen molar-refractivity contribution in [2.75, 3.05) is 0 Å². The first-order valence-electron chi connectivity index (χ1n) is 6.05. The average molecular weight is 253 g/mol. The minimum atomic E-state index is -0.300. The van der Waals surface area contributed by atoms with E-state index in [2.05, 4.69) is 15.6 Å². The molecule has 2 aliphatic carbocycles. The Hall–Kier alpha value is -1.04. The van der Waals surface area contributed by atoms with Gasteiger partial charge in [-0.1, -0.05) is 11.8 Å². The summed E-state index contributed by atoms with van der Waals surface area (Å²) in [6.45, 7) is 0. The fourth-order valence-corrected chi connectivity index (χ4v) is 2.69. The summed E-state index contributed by atoms with van der Waals surface area (Å²) in [4.78, 5) is 27.6. The van der Waals surface area contributed by atoms with E-state index >= 15 is 0 Å². The molecule has 0 radical (unpaired) electrons. The van der Waals surface area contributed by atoms with Crippen molar-refractivity contribution in [2.45, 2.75) is 49.4 Å². The molecule has 0 aromatic carbocycles. The number of thioether (sulfide) groups is 1. The maximum absolute atomic E-state index is 11.6. The molecule has 0 aromatic heterocycles. The molecule has 1 unspecified atom stereocenters. The Kier molecular flexibility index (Phi) is 2.82. The second-order valence-electron chi connectivity index (χ2n) is 4.81. The van der Waals surface area contributed by atoms with E-state index in [1.807, 2.05) is 0 Å². The fraction of sp³-hybridized carbons (Fsp3) is 0.727. The standard InChI is InChI=1S/C11H15N3O2S/c15-9(12-6-1-2-6)5-8-10(16)14-11(17-8)13-7-3-4-7/h6-8H,1-5H2,(H,12,15)(H,13,14,16). The predicted octanol–water partition coefficient (Wildman–Crippen LogP) is 0.405. The van der Waals surface area contributed by atoms with Crippen LogP contribution in [0.25, 0.3) is 0 Å². The van der Waals surface area contributed by atoms with Crippen LogP contribution >= 0.6 is 11.8 Å². The van der Waals surface area contributed by atoms with Gasteiger partial charge in [0.25, 0.3) is 0 Å². The van der Waals surface area contributed by atoms with Gasteiger partial charge in [-0.3, -0.25) is 14.6 Å². The van der Waals surface area contributed by atoms with Crippen LogP contribution in [0.3, 0.4) is 0 Å². The first kappa shape index (κ1) is 11.1. The molecular formula is C11H15N3O2S. The van der Waals surface area contributed by atoms with Gasteiger partial charge in [0.1, 0.15) is 5.25 Å². The number of amides is 2. The van der Waals surface area contributed by atoms with Crippen LogP contribution in [0.1, 0.15) is 32.1 Å². The molecule has 1 aliphatic heterocycles. The van der Waals surface area contributed by atoms with Gasteiger partial charge < -0.3 is 10.6 Å². The quantitative estimate of drug-likeness (QED) is 0.762. The van der Waals surface area contributed by atoms with E-state index in [0.29, 0.717) is 17.3 Å². The molecule has 3 fully saturated rings. The van der Waals surface area contributed by atoms with Gasteiger partial charge in [-0.2, -0.15) is 0 Å². The van der Waals surface area contributed by atoms with Crippen molar-refractivity contribution in [3.8, 4) is 0 Å². The van der Waals surface area contributed by atoms with E-state index in [0.717, 1.165) is 25.7 Å². The third-order valence-corrected chi connectivity index (χ3v) is 4.03. The first-order valence-corrected chi connectivity index (χ1v) is 6.93. The summed E-state index contributed by atoms with van der Waals surface area (Å²) in [5.41, 5.74) is 0. The van der Waals surface area contributed by atoms with E-state index in [4.69, 9.17) is 0 Å². The average Bonchev–Trinajstić information content (AvgIpc) is 3.13. The lowest BCUT2D eigenvalue weighted by Crippen LogP contribution is -2.32. The number of nitrogens with zero attached hydrogens (tertiary/aromatic N) is 1. The van der Waals surface area contributed by atoms with E-state index in [-0.39, 0.29) is 23.5 Å². The molecule has 0 aromatic rings. The maximum atomic E-state index is 11.6. The molecule has 0 bridgehead atoms. The van der Waals surface area contributed by atoms with Crippen molar-refractivity contribution in [3.05, 3.63) is 0 Å². The van der Waals surface area contributed by atoms with E-state index in [9.17, 15) is 9.59 Å². The molecule has 1 atom stereocenters. The predicted molar refractivity (Wildman–Crippen MR) is 65.8 cm³/mol. The highest BCUT2D eigenvalue weighted by Crippen LogP contribution is 2.29. The van der Waals surface area contributed by atoms with Crippen LogP contribution in [-0.2, 0) is 9.59 Å². The van der Waals surface area contributed by atoms with Gasteiger partial charge in [-0.15, -0.1) is 0 Å². The summed E-state index contributed by atoms with van der Waals surface area (Å²) in [5, 5.41) is 6.04. The van der Waals surface area contributed by atoms with Crippen LogP contribution in [0.2, 0.25) is 0 Å². The number of hydrogen-bond acceptors (Lipinski definition) is 4. The topological polar surface area (TPSA) is 70.6 Å². The zero-order chi connectivity index (χ0) is 11.8. The molecule has 1 saturated heterocycles. The molecule has 1 heterocycles. The van der Waals surface area contributed by atoms with Gasteiger partial charge in [0, 0.05) is 12.5 Å². The van der Waals surface area contributed by atoms with Crippen molar-refractivity contribution in [3.63, 3.8) is 0 Å². The highest BCUT2D eigenvalue weighted by molar-refractivity contribution is 8.15. The Morgan fingerprint density at radius 3 is 2.82 bits per heavy atom. The number of hydrogen-bond donors (Lipinski definition) is 2. The highest BCUT2D eigenvalue weighted by Gasteiger charge is 2.34. The molecule has 5 nitrogen and oxygen atoms in total. The maximum Gasteiger partial charge on any atom is 0.240 e. The van der Waals surface area contributed by atoms with Crippen LogP contribution < -0.4 is 10.6 Å². The number of amidine groups is 1. The highest BCUT2D eigenvalue weighted by atomic mass is 32.2. The lowest BCUT2D eigenvalue weighted by Gasteiger charge is -2.05. The Balaban J connectivity index is 1.52. The zero-order valence-electron chi connectivity index (χ0n) is 9.44. The second kappa shape index (κ2) is 4.33. The second-order valence-corrected chi connectivity index (χ2v) is 6.00. The number of carbonyl (C=O) groups is 2. The van der Waals surface area contributed by atoms with Crippen molar-refractivity contribution in [2.24, 2.45) is 4.99 Å². The normalized spacial score (nSPS) is 30.5. The van der Waals surface area contributed by atoms with E-state index < -0.39 is 0 Å². The summed E-state index contributed by atoms with van der Waals surface area (Å²) in [6, 6.07) is 0.758. The van der Waals surface area contributed by atoms with Crippen LogP contribution in [0.5, 0.6) is 0 Å². The molecule has 2 N–H and O–H groups in total. The number of rotatable bonds is 4. The lowest BCUT2D eigenvalue weighted by molar-refractivity contribution is -0.125. The summed E-state index contributed by atoms with van der Waals surface area (Å²) in [6.07, 6.45) is 4.64. The molecule has 3 aliphatic rings. The zero-order valence-corrected chi connectivity index (χ0v) is 10.3. The SMILES string of the molecule is O=C(CC1SC(=NC2CC2)NC1=O)NC1CC1. The smallest absolute Gasteiger partial charge is 0.240 e. The lowest BCUT2D eigenvalue weighted by atomic mass is 10.2. The Bertz CT molecular complexity index is 388. The summed E-state index contributed by atoms with van der Waals surface area (Å²) in [7, 11) is 0. The Morgan fingerprint density at radius 1 is 1.41 bits per heavy atom. The van der Waals surface area contributed by atoms with Crippen molar-refractivity contribution in [1.82, 2.24) is 10.6 Å². The number of nitrogens with one attached hydrogen (secondary N) is 2. The van der Waals surface area contributed by atoms with Gasteiger partial charge in [-0.25, -0.2) is 0 Å². The van der Waals surface area contributed by atoms with Crippen molar-refractivity contribution in [1.29, 1.82) is 0 Å². The summed E-state index contributed by atoms with van der Waals surface area (Å²) < 4.78 is 0. The minimum absolute atomic E-state index is 0.0205. The third kappa shape index (κ3) is 3.00. The summed E-state index contributed by atoms with van der Waals surface area (Å²) >= 11 is 1.39. The van der Waals surface area contributed by atoms with Gasteiger partial charge in [0.15, 0.2) is 5.17 Å². The molecule has 92 valence electrons. The van der Waals surface area contributed by atoms with Crippen LogP contribution in [0.4, 0.5) is 0 Å². The molecule has 2 saturated carbocycles. The first-order chi connectivity index (χ1) is 8.20. The molecule has 0 spiro atoms.